The smallest absolute Gasteiger partial charge is 0.391 e. The van der Waals surface area contributed by atoms with Crippen molar-refractivity contribution in [1.82, 2.24) is 5.32 Å². The lowest BCUT2D eigenvalue weighted by molar-refractivity contribution is -0.123. The summed E-state index contributed by atoms with van der Waals surface area (Å²) in [6, 6.07) is -0.767. The molecule has 9 heteroatoms. The van der Waals surface area contributed by atoms with E-state index >= 15 is 0 Å². The van der Waals surface area contributed by atoms with Gasteiger partial charge >= 0.3 is 7.82 Å². The molecule has 5 N–H and O–H groups in total. The highest BCUT2D eigenvalue weighted by Crippen LogP contribution is 2.43. The quantitative estimate of drug-likeness (QED) is 0.0358. The lowest BCUT2D eigenvalue weighted by Gasteiger charge is -2.25. The van der Waals surface area contributed by atoms with Gasteiger partial charge in [-0.2, -0.15) is 0 Å². The maximum absolute atomic E-state index is 12.8. The number of aliphatic hydroxyl groups excluding tert-OH is 1. The molecular weight excluding hydrogens is 683 g/mol. The van der Waals surface area contributed by atoms with Crippen LogP contribution in [0.4, 0.5) is 0 Å². The first-order chi connectivity index (χ1) is 25.9. The Morgan fingerprint density at radius 3 is 1.21 bits per heavy atom. The number of hydrogen-bond acceptors (Lipinski definition) is 6. The van der Waals surface area contributed by atoms with E-state index < -0.39 is 20.0 Å². The molecule has 3 atom stereocenters. The fourth-order valence-electron chi connectivity index (χ4n) is 7.20. The van der Waals surface area contributed by atoms with E-state index in [-0.39, 0.29) is 25.7 Å². The van der Waals surface area contributed by atoms with Crippen molar-refractivity contribution < 1.29 is 28.4 Å². The van der Waals surface area contributed by atoms with Gasteiger partial charge < -0.3 is 21.1 Å². The molecule has 53 heavy (non-hydrogen) atoms. The molecular formula is C44H91N2O6P. The summed E-state index contributed by atoms with van der Waals surface area (Å²) in [5.74, 6) is -0.156. The van der Waals surface area contributed by atoms with Crippen LogP contribution in [-0.2, 0) is 18.4 Å². The zero-order chi connectivity index (χ0) is 38.9. The number of carbonyl (C=O) groups excluding carboxylic acids is 1. The molecule has 0 radical (unpaired) electrons. The minimum Gasteiger partial charge on any atom is -0.391 e. The molecule has 8 nitrogen and oxygen atoms in total. The molecule has 0 bridgehead atoms. The zero-order valence-electron chi connectivity index (χ0n) is 35.3. The SMILES string of the molecule is CCCCCCCCCCCCCCCCCCCCCCCC(=O)NC(COP(=O)(O)OCCN)C(O)CCCCCCCCCCCCCCC. The number of rotatable bonds is 44. The van der Waals surface area contributed by atoms with Crippen LogP contribution in [0.3, 0.4) is 0 Å². The Morgan fingerprint density at radius 2 is 0.868 bits per heavy atom. The highest BCUT2D eigenvalue weighted by molar-refractivity contribution is 7.47. The van der Waals surface area contributed by atoms with Gasteiger partial charge in [-0.25, -0.2) is 4.57 Å². The Bertz CT molecular complexity index is 804. The topological polar surface area (TPSA) is 131 Å². The van der Waals surface area contributed by atoms with Crippen LogP contribution in [0.15, 0.2) is 0 Å². The first-order valence-electron chi connectivity index (χ1n) is 23.2. The van der Waals surface area contributed by atoms with E-state index in [2.05, 4.69) is 19.2 Å². The normalized spacial score (nSPS) is 14.0. The summed E-state index contributed by atoms with van der Waals surface area (Å²) in [5.41, 5.74) is 5.38. The summed E-state index contributed by atoms with van der Waals surface area (Å²) in [7, 11) is -4.31. The van der Waals surface area contributed by atoms with Gasteiger partial charge in [0, 0.05) is 13.0 Å². The number of hydrogen-bond donors (Lipinski definition) is 4. The molecule has 318 valence electrons. The number of amides is 1. The fourth-order valence-corrected chi connectivity index (χ4v) is 7.96. The van der Waals surface area contributed by atoms with Crippen LogP contribution in [0.2, 0.25) is 0 Å². The molecule has 0 aromatic rings. The lowest BCUT2D eigenvalue weighted by Crippen LogP contribution is -2.46. The van der Waals surface area contributed by atoms with Gasteiger partial charge in [-0.3, -0.25) is 13.8 Å². The molecule has 0 fully saturated rings. The molecule has 0 rings (SSSR count). The Kier molecular flexibility index (Phi) is 40.8. The minimum atomic E-state index is -4.31. The molecule has 0 aliphatic carbocycles. The van der Waals surface area contributed by atoms with Gasteiger partial charge in [0.2, 0.25) is 5.91 Å². The zero-order valence-corrected chi connectivity index (χ0v) is 36.2. The van der Waals surface area contributed by atoms with E-state index in [1.165, 1.54) is 180 Å². The first kappa shape index (κ1) is 52.5. The van der Waals surface area contributed by atoms with Crippen molar-refractivity contribution in [3.63, 3.8) is 0 Å². The van der Waals surface area contributed by atoms with E-state index in [0.717, 1.165) is 38.5 Å². The number of nitrogens with one attached hydrogen (secondary N) is 1. The molecule has 1 amide bonds. The molecule has 3 unspecified atom stereocenters. The average Bonchev–Trinajstić information content (AvgIpc) is 3.14. The number of unbranched alkanes of at least 4 members (excludes halogenated alkanes) is 32. The Balaban J connectivity index is 4.02. The van der Waals surface area contributed by atoms with Crippen LogP contribution in [0.5, 0.6) is 0 Å². The average molecular weight is 775 g/mol. The number of phosphoric acid groups is 1. The first-order valence-corrected chi connectivity index (χ1v) is 24.6. The van der Waals surface area contributed by atoms with E-state index in [9.17, 15) is 19.4 Å². The molecule has 0 aromatic carbocycles. The van der Waals surface area contributed by atoms with E-state index in [1.807, 2.05) is 0 Å². The maximum atomic E-state index is 12.8. The third kappa shape index (κ3) is 39.5. The predicted molar refractivity (Wildman–Crippen MR) is 226 cm³/mol. The van der Waals surface area contributed by atoms with Gasteiger partial charge in [0.05, 0.1) is 25.4 Å². The number of carbonyl (C=O) groups is 1. The third-order valence-corrected chi connectivity index (χ3v) is 11.7. The van der Waals surface area contributed by atoms with E-state index in [0.29, 0.717) is 12.8 Å². The van der Waals surface area contributed by atoms with Gasteiger partial charge in [0.1, 0.15) is 0 Å². The van der Waals surface area contributed by atoms with Crippen molar-refractivity contribution in [2.24, 2.45) is 5.73 Å². The van der Waals surface area contributed by atoms with E-state index in [4.69, 9.17) is 14.8 Å². The van der Waals surface area contributed by atoms with Crippen LogP contribution in [0.1, 0.15) is 245 Å². The van der Waals surface area contributed by atoms with Crippen molar-refractivity contribution in [3.8, 4) is 0 Å². The molecule has 0 spiro atoms. The lowest BCUT2D eigenvalue weighted by atomic mass is 10.0. The predicted octanol–water partition coefficient (Wildman–Crippen LogP) is 13.0. The maximum Gasteiger partial charge on any atom is 0.472 e. The van der Waals surface area contributed by atoms with Crippen molar-refractivity contribution in [2.75, 3.05) is 19.8 Å². The van der Waals surface area contributed by atoms with E-state index in [1.54, 1.807) is 0 Å². The monoisotopic (exact) mass is 775 g/mol. The summed E-state index contributed by atoms with van der Waals surface area (Å²) >= 11 is 0. The van der Waals surface area contributed by atoms with Crippen LogP contribution in [0.25, 0.3) is 0 Å². The number of phosphoric ester groups is 1. The summed E-state index contributed by atoms with van der Waals surface area (Å²) in [6.45, 7) is 4.24. The Hall–Kier alpha value is -0.500. The highest BCUT2D eigenvalue weighted by Gasteiger charge is 2.27. The third-order valence-electron chi connectivity index (χ3n) is 10.7. The fraction of sp³-hybridized carbons (Fsp3) is 0.977. The highest BCUT2D eigenvalue weighted by atomic mass is 31.2. The van der Waals surface area contributed by atoms with Crippen LogP contribution in [-0.4, -0.2) is 47.8 Å². The number of nitrogens with two attached hydrogens (primary N) is 1. The Labute approximate surface area is 329 Å². The van der Waals surface area contributed by atoms with Gasteiger partial charge in [-0.05, 0) is 12.8 Å². The second-order valence-electron chi connectivity index (χ2n) is 16.0. The van der Waals surface area contributed by atoms with Gasteiger partial charge in [-0.1, -0.05) is 226 Å². The van der Waals surface area contributed by atoms with Crippen molar-refractivity contribution in [3.05, 3.63) is 0 Å². The molecule has 0 aliphatic rings. The summed E-state index contributed by atoms with van der Waals surface area (Å²) in [5, 5.41) is 13.8. The summed E-state index contributed by atoms with van der Waals surface area (Å²) in [6.07, 6.45) is 44.0. The molecule has 0 saturated carbocycles. The molecule has 0 aliphatic heterocycles. The van der Waals surface area contributed by atoms with Crippen LogP contribution >= 0.6 is 7.82 Å². The summed E-state index contributed by atoms with van der Waals surface area (Å²) < 4.78 is 22.2. The summed E-state index contributed by atoms with van der Waals surface area (Å²) in [4.78, 5) is 22.7. The van der Waals surface area contributed by atoms with Gasteiger partial charge in [0.25, 0.3) is 0 Å². The molecule has 0 saturated heterocycles. The Morgan fingerprint density at radius 1 is 0.547 bits per heavy atom. The number of aliphatic hydroxyl groups is 1. The molecule has 0 heterocycles. The van der Waals surface area contributed by atoms with Crippen LogP contribution in [0, 0.1) is 0 Å². The van der Waals surface area contributed by atoms with Gasteiger partial charge in [0.15, 0.2) is 0 Å². The van der Waals surface area contributed by atoms with Gasteiger partial charge in [-0.15, -0.1) is 0 Å². The largest absolute Gasteiger partial charge is 0.472 e. The minimum absolute atomic E-state index is 0.0925. The standard InChI is InChI=1S/C44H91N2O6P/c1-3-5-7-9-11-13-15-17-18-19-20-21-22-23-24-26-28-30-32-34-36-38-44(48)46-42(41-52-53(49,50)51-40-39-45)43(47)37-35-33-31-29-27-25-16-14-12-10-8-6-4-2/h42-43,47H,3-41,45H2,1-2H3,(H,46,48)(H,49,50). The second-order valence-corrected chi connectivity index (χ2v) is 17.4. The van der Waals surface area contributed by atoms with Crippen molar-refractivity contribution in [1.29, 1.82) is 0 Å². The van der Waals surface area contributed by atoms with Crippen LogP contribution < -0.4 is 11.1 Å². The van der Waals surface area contributed by atoms with Crippen molar-refractivity contribution >= 4 is 13.7 Å². The second kappa shape index (κ2) is 41.1. The van der Waals surface area contributed by atoms with Crippen molar-refractivity contribution in [2.45, 2.75) is 257 Å². The molecule has 0 aromatic heterocycles.